The Balaban J connectivity index is 2.73. The van der Waals surface area contributed by atoms with Crippen LogP contribution in [0.15, 0.2) is 18.2 Å². The molecule has 0 aliphatic heterocycles. The third-order valence-corrected chi connectivity index (χ3v) is 2.71. The molecule has 0 unspecified atom stereocenters. The highest BCUT2D eigenvalue weighted by molar-refractivity contribution is 5.77. The van der Waals surface area contributed by atoms with Gasteiger partial charge in [-0.3, -0.25) is 4.79 Å². The number of carbonyl (C=O) groups excluding carboxylic acids is 1. The SMILES string of the molecule is CNC(=O)COc1c(CNCCOC)cccc1OC. The highest BCUT2D eigenvalue weighted by Crippen LogP contribution is 2.30. The van der Waals surface area contributed by atoms with Crippen molar-refractivity contribution in [3.63, 3.8) is 0 Å². The fourth-order valence-electron chi connectivity index (χ4n) is 1.63. The van der Waals surface area contributed by atoms with Crippen molar-refractivity contribution in [1.82, 2.24) is 10.6 Å². The first-order valence-electron chi connectivity index (χ1n) is 6.41. The van der Waals surface area contributed by atoms with Gasteiger partial charge in [-0.2, -0.15) is 0 Å². The van der Waals surface area contributed by atoms with Gasteiger partial charge in [0.15, 0.2) is 18.1 Å². The summed E-state index contributed by atoms with van der Waals surface area (Å²) in [6, 6.07) is 5.62. The zero-order chi connectivity index (χ0) is 14.8. The molecule has 1 aromatic rings. The largest absolute Gasteiger partial charge is 0.493 e. The van der Waals surface area contributed by atoms with Crippen molar-refractivity contribution in [2.24, 2.45) is 0 Å². The molecule has 0 aliphatic carbocycles. The fraction of sp³-hybridized carbons (Fsp3) is 0.500. The normalized spacial score (nSPS) is 10.2. The van der Waals surface area contributed by atoms with E-state index < -0.39 is 0 Å². The number of amides is 1. The van der Waals surface area contributed by atoms with E-state index in [1.165, 1.54) is 0 Å². The van der Waals surface area contributed by atoms with Crippen LogP contribution in [0.5, 0.6) is 11.5 Å². The summed E-state index contributed by atoms with van der Waals surface area (Å²) >= 11 is 0. The Morgan fingerprint density at radius 1 is 1.30 bits per heavy atom. The molecule has 6 heteroatoms. The second-order valence-corrected chi connectivity index (χ2v) is 4.08. The molecule has 0 radical (unpaired) electrons. The van der Waals surface area contributed by atoms with Crippen LogP contribution in [0.1, 0.15) is 5.56 Å². The molecule has 0 saturated heterocycles. The molecule has 1 amide bonds. The predicted molar refractivity (Wildman–Crippen MR) is 76.1 cm³/mol. The topological polar surface area (TPSA) is 68.8 Å². The number of rotatable bonds is 9. The van der Waals surface area contributed by atoms with Gasteiger partial charge in [0.25, 0.3) is 5.91 Å². The maximum absolute atomic E-state index is 11.3. The van der Waals surface area contributed by atoms with Gasteiger partial charge in [-0.1, -0.05) is 12.1 Å². The van der Waals surface area contributed by atoms with E-state index in [1.807, 2.05) is 12.1 Å². The van der Waals surface area contributed by atoms with E-state index in [0.717, 1.165) is 12.1 Å². The molecule has 6 nitrogen and oxygen atoms in total. The molecule has 0 aromatic heterocycles. The van der Waals surface area contributed by atoms with Crippen LogP contribution < -0.4 is 20.1 Å². The zero-order valence-electron chi connectivity index (χ0n) is 12.2. The molecule has 0 bridgehead atoms. The molecule has 112 valence electrons. The second kappa shape index (κ2) is 9.17. The summed E-state index contributed by atoms with van der Waals surface area (Å²) in [7, 11) is 4.80. The molecular formula is C14H22N2O4. The van der Waals surface area contributed by atoms with Gasteiger partial charge in [-0.25, -0.2) is 0 Å². The molecule has 20 heavy (non-hydrogen) atoms. The van der Waals surface area contributed by atoms with Gasteiger partial charge >= 0.3 is 0 Å². The Bertz CT molecular complexity index is 424. The Hall–Kier alpha value is -1.79. The lowest BCUT2D eigenvalue weighted by molar-refractivity contribution is -0.122. The van der Waals surface area contributed by atoms with Gasteiger partial charge in [-0.05, 0) is 6.07 Å². The molecular weight excluding hydrogens is 260 g/mol. The van der Waals surface area contributed by atoms with Crippen LogP contribution in [0.4, 0.5) is 0 Å². The third kappa shape index (κ3) is 5.07. The standard InChI is InChI=1S/C14H22N2O4/c1-15-13(17)10-20-14-11(9-16-7-8-18-2)5-4-6-12(14)19-3/h4-6,16H,7-10H2,1-3H3,(H,15,17). The highest BCUT2D eigenvalue weighted by atomic mass is 16.5. The highest BCUT2D eigenvalue weighted by Gasteiger charge is 2.11. The van der Waals surface area contributed by atoms with Gasteiger partial charge in [0.2, 0.25) is 0 Å². The Kier molecular flexibility index (Phi) is 7.46. The average molecular weight is 282 g/mol. The van der Waals surface area contributed by atoms with Gasteiger partial charge in [0.05, 0.1) is 13.7 Å². The number of hydrogen-bond acceptors (Lipinski definition) is 5. The second-order valence-electron chi connectivity index (χ2n) is 4.08. The number of likely N-dealkylation sites (N-methyl/N-ethyl adjacent to an activating group) is 1. The first-order valence-corrected chi connectivity index (χ1v) is 6.41. The lowest BCUT2D eigenvalue weighted by Crippen LogP contribution is -2.25. The number of ether oxygens (including phenoxy) is 3. The maximum Gasteiger partial charge on any atom is 0.257 e. The van der Waals surface area contributed by atoms with E-state index in [-0.39, 0.29) is 12.5 Å². The molecule has 0 aliphatic rings. The fourth-order valence-corrected chi connectivity index (χ4v) is 1.63. The molecule has 0 fully saturated rings. The van der Waals surface area contributed by atoms with E-state index in [1.54, 1.807) is 27.3 Å². The van der Waals surface area contributed by atoms with E-state index in [2.05, 4.69) is 10.6 Å². The molecule has 0 saturated carbocycles. The summed E-state index contributed by atoms with van der Waals surface area (Å²) in [5, 5.41) is 5.75. The van der Waals surface area contributed by atoms with Crippen LogP contribution in [-0.2, 0) is 16.1 Å². The number of methoxy groups -OCH3 is 2. The molecule has 0 heterocycles. The maximum atomic E-state index is 11.3. The third-order valence-electron chi connectivity index (χ3n) is 2.71. The van der Waals surface area contributed by atoms with E-state index >= 15 is 0 Å². The summed E-state index contributed by atoms with van der Waals surface area (Å²) in [5.74, 6) is 1.01. The van der Waals surface area contributed by atoms with E-state index in [4.69, 9.17) is 14.2 Å². The molecule has 0 spiro atoms. The monoisotopic (exact) mass is 282 g/mol. The zero-order valence-corrected chi connectivity index (χ0v) is 12.2. The summed E-state index contributed by atoms with van der Waals surface area (Å²) < 4.78 is 15.8. The Labute approximate surface area is 119 Å². The van der Waals surface area contributed by atoms with Gasteiger partial charge in [0.1, 0.15) is 0 Å². The predicted octanol–water partition coefficient (Wildman–Crippen LogP) is 0.556. The smallest absolute Gasteiger partial charge is 0.257 e. The van der Waals surface area contributed by atoms with Crippen molar-refractivity contribution >= 4 is 5.91 Å². The van der Waals surface area contributed by atoms with Crippen molar-refractivity contribution in [3.05, 3.63) is 23.8 Å². The van der Waals surface area contributed by atoms with Crippen molar-refractivity contribution in [3.8, 4) is 11.5 Å². The van der Waals surface area contributed by atoms with Gasteiger partial charge < -0.3 is 24.8 Å². The van der Waals surface area contributed by atoms with E-state index in [9.17, 15) is 4.79 Å². The lowest BCUT2D eigenvalue weighted by Gasteiger charge is -2.15. The first kappa shape index (κ1) is 16.3. The summed E-state index contributed by atoms with van der Waals surface area (Å²) in [5.41, 5.74) is 0.935. The minimum Gasteiger partial charge on any atom is -0.493 e. The first-order chi connectivity index (χ1) is 9.72. The van der Waals surface area contributed by atoms with E-state index in [0.29, 0.717) is 24.7 Å². The quantitative estimate of drug-likeness (QED) is 0.648. The van der Waals surface area contributed by atoms with Crippen molar-refractivity contribution < 1.29 is 19.0 Å². The minimum absolute atomic E-state index is 0.0397. The summed E-state index contributed by atoms with van der Waals surface area (Å²) in [6.07, 6.45) is 0. The summed E-state index contributed by atoms with van der Waals surface area (Å²) in [4.78, 5) is 11.3. The van der Waals surface area contributed by atoms with Crippen molar-refractivity contribution in [1.29, 1.82) is 0 Å². The number of hydrogen-bond donors (Lipinski definition) is 2. The van der Waals surface area contributed by atoms with Gasteiger partial charge in [0, 0.05) is 32.8 Å². The Morgan fingerprint density at radius 3 is 2.75 bits per heavy atom. The number of carbonyl (C=O) groups is 1. The van der Waals surface area contributed by atoms with Crippen LogP contribution in [0.3, 0.4) is 0 Å². The minimum atomic E-state index is -0.186. The molecule has 2 N–H and O–H groups in total. The average Bonchev–Trinajstić information content (AvgIpc) is 2.49. The molecule has 1 rings (SSSR count). The lowest BCUT2D eigenvalue weighted by atomic mass is 10.2. The number of para-hydroxylation sites is 1. The number of benzene rings is 1. The van der Waals surface area contributed by atoms with Crippen LogP contribution in [0.25, 0.3) is 0 Å². The molecule has 1 aromatic carbocycles. The summed E-state index contributed by atoms with van der Waals surface area (Å²) in [6.45, 7) is 1.95. The van der Waals surface area contributed by atoms with Crippen LogP contribution in [0, 0.1) is 0 Å². The van der Waals surface area contributed by atoms with Crippen molar-refractivity contribution in [2.75, 3.05) is 41.0 Å². The van der Waals surface area contributed by atoms with Crippen LogP contribution in [-0.4, -0.2) is 46.9 Å². The Morgan fingerprint density at radius 2 is 2.10 bits per heavy atom. The van der Waals surface area contributed by atoms with Crippen LogP contribution in [0.2, 0.25) is 0 Å². The van der Waals surface area contributed by atoms with Gasteiger partial charge in [-0.15, -0.1) is 0 Å². The number of nitrogens with one attached hydrogen (secondary N) is 2. The van der Waals surface area contributed by atoms with Crippen LogP contribution >= 0.6 is 0 Å². The van der Waals surface area contributed by atoms with Crippen molar-refractivity contribution in [2.45, 2.75) is 6.54 Å². The molecule has 0 atom stereocenters.